The molecule has 2 heterocycles. The summed E-state index contributed by atoms with van der Waals surface area (Å²) in [4.78, 5) is 38.8. The van der Waals surface area contributed by atoms with E-state index in [0.29, 0.717) is 23.7 Å². The molecule has 4 rings (SSSR count). The number of thiophene rings is 1. The fraction of sp³-hybridized carbons (Fsp3) is 0.350. The molecule has 1 saturated heterocycles. The van der Waals surface area contributed by atoms with E-state index in [2.05, 4.69) is 10.6 Å². The van der Waals surface area contributed by atoms with E-state index in [1.807, 2.05) is 22.4 Å². The number of hydrogen-bond donors (Lipinski definition) is 2. The molecule has 7 heteroatoms. The third-order valence-corrected chi connectivity index (χ3v) is 6.28. The number of amides is 3. The van der Waals surface area contributed by atoms with E-state index in [0.717, 1.165) is 17.7 Å². The minimum Gasteiger partial charge on any atom is -0.348 e. The highest BCUT2D eigenvalue weighted by Crippen LogP contribution is 2.38. The Hall–Kier alpha value is -2.67. The Morgan fingerprint density at radius 2 is 1.89 bits per heavy atom. The minimum absolute atomic E-state index is 0.000339. The molecule has 140 valence electrons. The van der Waals surface area contributed by atoms with Crippen LogP contribution < -0.4 is 10.6 Å². The monoisotopic (exact) mass is 383 g/mol. The van der Waals surface area contributed by atoms with E-state index < -0.39 is 0 Å². The first-order valence-corrected chi connectivity index (χ1v) is 9.92. The number of piperidine rings is 1. The van der Waals surface area contributed by atoms with Crippen molar-refractivity contribution in [3.05, 3.63) is 52.2 Å². The van der Waals surface area contributed by atoms with E-state index in [4.69, 9.17) is 0 Å². The maximum Gasteiger partial charge on any atom is 0.322 e. The summed E-state index contributed by atoms with van der Waals surface area (Å²) in [5, 5.41) is 7.92. The highest BCUT2D eigenvalue weighted by Gasteiger charge is 2.47. The number of Topliss-reactive ketones (excluding diaryl/α,β-unsaturated/α-hetero) is 1. The Bertz CT molecular complexity index is 863. The fourth-order valence-corrected chi connectivity index (χ4v) is 4.64. The van der Waals surface area contributed by atoms with Gasteiger partial charge in [-0.25, -0.2) is 4.79 Å². The maximum atomic E-state index is 12.6. The van der Waals surface area contributed by atoms with Crippen LogP contribution in [0.5, 0.6) is 0 Å². The van der Waals surface area contributed by atoms with E-state index in [1.54, 1.807) is 24.3 Å². The third kappa shape index (κ3) is 3.60. The lowest BCUT2D eigenvalue weighted by molar-refractivity contribution is 0.0918. The van der Waals surface area contributed by atoms with E-state index in [1.165, 1.54) is 18.3 Å². The van der Waals surface area contributed by atoms with E-state index in [9.17, 15) is 14.4 Å². The molecule has 27 heavy (non-hydrogen) atoms. The Kier molecular flexibility index (Phi) is 4.70. The summed E-state index contributed by atoms with van der Waals surface area (Å²) in [6.45, 7) is 2.17. The van der Waals surface area contributed by atoms with E-state index in [-0.39, 0.29) is 29.8 Å². The zero-order valence-corrected chi connectivity index (χ0v) is 15.8. The molecule has 1 aliphatic carbocycles. The summed E-state index contributed by atoms with van der Waals surface area (Å²) in [6.07, 6.45) is 1.71. The van der Waals surface area contributed by atoms with Gasteiger partial charge in [-0.15, -0.1) is 11.3 Å². The largest absolute Gasteiger partial charge is 0.348 e. The van der Waals surface area contributed by atoms with Crippen molar-refractivity contribution in [1.82, 2.24) is 10.2 Å². The quantitative estimate of drug-likeness (QED) is 0.795. The molecular formula is C20H21N3O3S. The molecule has 1 aliphatic heterocycles. The van der Waals surface area contributed by atoms with Crippen molar-refractivity contribution in [3.63, 3.8) is 0 Å². The van der Waals surface area contributed by atoms with Crippen LogP contribution in [0, 0.1) is 5.92 Å². The zero-order valence-electron chi connectivity index (χ0n) is 15.0. The van der Waals surface area contributed by atoms with Gasteiger partial charge in [0, 0.05) is 29.9 Å². The van der Waals surface area contributed by atoms with Crippen molar-refractivity contribution < 1.29 is 14.4 Å². The van der Waals surface area contributed by atoms with Crippen LogP contribution >= 0.6 is 11.3 Å². The molecule has 0 radical (unpaired) electrons. The molecule has 1 saturated carbocycles. The highest BCUT2D eigenvalue weighted by atomic mass is 32.1. The number of carbonyl (C=O) groups excluding carboxylic acids is 3. The lowest BCUT2D eigenvalue weighted by Gasteiger charge is -2.32. The van der Waals surface area contributed by atoms with Crippen LogP contribution in [-0.2, 0) is 0 Å². The number of anilines is 1. The van der Waals surface area contributed by atoms with E-state index >= 15 is 0 Å². The van der Waals surface area contributed by atoms with Gasteiger partial charge in [0.2, 0.25) is 0 Å². The molecule has 2 bridgehead atoms. The first kappa shape index (κ1) is 17.7. The molecule has 6 nitrogen and oxygen atoms in total. The third-order valence-electron chi connectivity index (χ3n) is 5.41. The summed E-state index contributed by atoms with van der Waals surface area (Å²) in [6, 6.07) is 10.8. The first-order chi connectivity index (χ1) is 13.0. The standard InChI is InChI=1S/C20H21N3O3S/c1-12(24)13-4-6-15(7-5-13)21-20(26)23-11-14-9-16(23)10-17(14)22-19(25)18-3-2-8-27-18/h2-8,14,16-17H,9-11H2,1H3,(H,21,26)(H,22,25)/t14-,16-,17-/m0/s1. The lowest BCUT2D eigenvalue weighted by atomic mass is 10.0. The van der Waals surface area contributed by atoms with Crippen LogP contribution in [0.25, 0.3) is 0 Å². The number of fused-ring (bicyclic) bond motifs is 2. The van der Waals surface area contributed by atoms with Gasteiger partial charge in [-0.05, 0) is 61.4 Å². The number of nitrogens with zero attached hydrogens (tertiary/aromatic N) is 1. The minimum atomic E-state index is -0.124. The average molecular weight is 383 g/mol. The van der Waals surface area contributed by atoms with Crippen LogP contribution in [-0.4, -0.2) is 41.2 Å². The number of ketones is 1. The fourth-order valence-electron chi connectivity index (χ4n) is 4.01. The second kappa shape index (κ2) is 7.15. The molecule has 2 N–H and O–H groups in total. The predicted molar refractivity (Wildman–Crippen MR) is 104 cm³/mol. The van der Waals surface area contributed by atoms with Gasteiger partial charge in [-0.3, -0.25) is 9.59 Å². The van der Waals surface area contributed by atoms with Gasteiger partial charge in [0.1, 0.15) is 0 Å². The summed E-state index contributed by atoms with van der Waals surface area (Å²) in [5.74, 6) is 0.272. The molecule has 0 unspecified atom stereocenters. The number of urea groups is 1. The summed E-state index contributed by atoms with van der Waals surface area (Å²) in [7, 11) is 0. The number of rotatable bonds is 4. The molecule has 3 amide bonds. The highest BCUT2D eigenvalue weighted by molar-refractivity contribution is 7.12. The maximum absolute atomic E-state index is 12.6. The molecule has 3 atom stereocenters. The Balaban J connectivity index is 1.33. The Labute approximate surface area is 161 Å². The molecule has 1 aromatic heterocycles. The Morgan fingerprint density at radius 3 is 2.48 bits per heavy atom. The van der Waals surface area contributed by atoms with Crippen molar-refractivity contribution in [1.29, 1.82) is 0 Å². The molecule has 2 aromatic rings. The SMILES string of the molecule is CC(=O)c1ccc(NC(=O)N2C[C@@H]3C[C@H]2C[C@@H]3NC(=O)c2cccs2)cc1. The topological polar surface area (TPSA) is 78.5 Å². The van der Waals surface area contributed by atoms with Gasteiger partial charge in [0.15, 0.2) is 5.78 Å². The second-order valence-electron chi connectivity index (χ2n) is 7.16. The molecule has 0 spiro atoms. The normalized spacial score (nSPS) is 23.3. The van der Waals surface area contributed by atoms with Crippen molar-refractivity contribution in [2.24, 2.45) is 5.92 Å². The summed E-state index contributed by atoms with van der Waals surface area (Å²) < 4.78 is 0. The Morgan fingerprint density at radius 1 is 1.11 bits per heavy atom. The van der Waals surface area contributed by atoms with Gasteiger partial charge in [0.05, 0.1) is 4.88 Å². The van der Waals surface area contributed by atoms with Crippen molar-refractivity contribution in [3.8, 4) is 0 Å². The van der Waals surface area contributed by atoms with Crippen LogP contribution in [0.4, 0.5) is 10.5 Å². The van der Waals surface area contributed by atoms with Crippen molar-refractivity contribution >= 4 is 34.7 Å². The van der Waals surface area contributed by atoms with Crippen LogP contribution in [0.1, 0.15) is 39.8 Å². The van der Waals surface area contributed by atoms with Crippen molar-refractivity contribution in [2.75, 3.05) is 11.9 Å². The number of likely N-dealkylation sites (tertiary alicyclic amines) is 1. The molecule has 1 aromatic carbocycles. The van der Waals surface area contributed by atoms with Gasteiger partial charge in [-0.1, -0.05) is 6.07 Å². The number of hydrogen-bond acceptors (Lipinski definition) is 4. The number of benzene rings is 1. The van der Waals surface area contributed by atoms with Gasteiger partial charge >= 0.3 is 6.03 Å². The van der Waals surface area contributed by atoms with Gasteiger partial charge < -0.3 is 15.5 Å². The average Bonchev–Trinajstić information content (AvgIpc) is 3.39. The van der Waals surface area contributed by atoms with Crippen LogP contribution in [0.3, 0.4) is 0 Å². The van der Waals surface area contributed by atoms with Gasteiger partial charge in [0.25, 0.3) is 5.91 Å². The summed E-state index contributed by atoms with van der Waals surface area (Å²) in [5.41, 5.74) is 1.30. The molecule has 2 aliphatic rings. The molecule has 2 fully saturated rings. The summed E-state index contributed by atoms with van der Waals surface area (Å²) >= 11 is 1.44. The number of nitrogens with one attached hydrogen (secondary N) is 2. The van der Waals surface area contributed by atoms with Crippen molar-refractivity contribution in [2.45, 2.75) is 31.8 Å². The number of carbonyl (C=O) groups is 3. The predicted octanol–water partition coefficient (Wildman–Crippen LogP) is 3.38. The van der Waals surface area contributed by atoms with Crippen LogP contribution in [0.2, 0.25) is 0 Å². The first-order valence-electron chi connectivity index (χ1n) is 9.04. The second-order valence-corrected chi connectivity index (χ2v) is 8.11. The van der Waals surface area contributed by atoms with Gasteiger partial charge in [-0.2, -0.15) is 0 Å². The zero-order chi connectivity index (χ0) is 19.0. The van der Waals surface area contributed by atoms with Crippen LogP contribution in [0.15, 0.2) is 41.8 Å². The lowest BCUT2D eigenvalue weighted by Crippen LogP contribution is -2.48. The molecular weight excluding hydrogens is 362 g/mol. The smallest absolute Gasteiger partial charge is 0.322 e.